The lowest BCUT2D eigenvalue weighted by atomic mass is 9.78. The summed E-state index contributed by atoms with van der Waals surface area (Å²) in [5, 5.41) is 3.72. The molecule has 0 aliphatic heterocycles. The molecule has 1 heterocycles. The van der Waals surface area contributed by atoms with Crippen molar-refractivity contribution >= 4 is 17.4 Å². The van der Waals surface area contributed by atoms with Crippen molar-refractivity contribution in [1.29, 1.82) is 0 Å². The molecule has 4 heteroatoms. The van der Waals surface area contributed by atoms with Gasteiger partial charge in [0.05, 0.1) is 0 Å². The molecule has 1 aliphatic rings. The van der Waals surface area contributed by atoms with E-state index < -0.39 is 0 Å². The highest BCUT2D eigenvalue weighted by atomic mass is 35.5. The van der Waals surface area contributed by atoms with Crippen LogP contribution in [0.15, 0.2) is 6.07 Å². The predicted octanol–water partition coefficient (Wildman–Crippen LogP) is 2.79. The Bertz CT molecular complexity index is 327. The van der Waals surface area contributed by atoms with E-state index in [0.717, 1.165) is 11.5 Å². The van der Waals surface area contributed by atoms with Gasteiger partial charge < -0.3 is 5.32 Å². The van der Waals surface area contributed by atoms with Crippen LogP contribution in [0.2, 0.25) is 5.28 Å². The molecule has 1 aliphatic carbocycles. The lowest BCUT2D eigenvalue weighted by molar-refractivity contribution is 0.305. The summed E-state index contributed by atoms with van der Waals surface area (Å²) < 4.78 is 0. The minimum absolute atomic E-state index is 0.212. The van der Waals surface area contributed by atoms with Crippen LogP contribution in [-0.4, -0.2) is 15.5 Å². The summed E-state index contributed by atoms with van der Waals surface area (Å²) in [6, 6.07) is 1.93. The topological polar surface area (TPSA) is 37.8 Å². The average molecular weight is 212 g/mol. The zero-order valence-corrected chi connectivity index (χ0v) is 9.23. The lowest BCUT2D eigenvalue weighted by Crippen LogP contribution is -2.41. The molecular formula is C10H14ClN3. The Hall–Kier alpha value is -0.830. The fraction of sp³-hybridized carbons (Fsp3) is 0.600. The van der Waals surface area contributed by atoms with Gasteiger partial charge in [0.1, 0.15) is 5.82 Å². The number of nitrogens with one attached hydrogen (secondary N) is 1. The third-order valence-corrected chi connectivity index (χ3v) is 2.88. The third kappa shape index (κ3) is 1.98. The number of aromatic nitrogens is 2. The molecule has 0 spiro atoms. The minimum Gasteiger partial charge on any atom is -0.365 e. The lowest BCUT2D eigenvalue weighted by Gasteiger charge is -2.39. The molecule has 1 fully saturated rings. The molecule has 0 aromatic carbocycles. The second kappa shape index (κ2) is 3.39. The van der Waals surface area contributed by atoms with Gasteiger partial charge in [-0.3, -0.25) is 0 Å². The number of aryl methyl sites for hydroxylation is 1. The first-order valence-corrected chi connectivity index (χ1v) is 5.25. The van der Waals surface area contributed by atoms with Gasteiger partial charge in [0, 0.05) is 17.3 Å². The molecule has 1 aromatic rings. The van der Waals surface area contributed by atoms with Crippen LogP contribution in [0, 0.1) is 6.92 Å². The fourth-order valence-corrected chi connectivity index (χ4v) is 1.96. The van der Waals surface area contributed by atoms with Crippen molar-refractivity contribution in [2.45, 2.75) is 38.6 Å². The molecule has 2 rings (SSSR count). The quantitative estimate of drug-likeness (QED) is 0.765. The third-order valence-electron chi connectivity index (χ3n) is 2.71. The van der Waals surface area contributed by atoms with Crippen molar-refractivity contribution in [2.75, 3.05) is 5.32 Å². The van der Waals surface area contributed by atoms with Gasteiger partial charge in [0.2, 0.25) is 5.28 Å². The van der Waals surface area contributed by atoms with E-state index in [-0.39, 0.29) is 5.54 Å². The number of anilines is 1. The second-order valence-corrected chi connectivity index (χ2v) is 4.54. The van der Waals surface area contributed by atoms with E-state index in [9.17, 15) is 0 Å². The molecule has 1 saturated carbocycles. The maximum atomic E-state index is 5.78. The number of hydrogen-bond donors (Lipinski definition) is 1. The first-order valence-electron chi connectivity index (χ1n) is 4.87. The highest BCUT2D eigenvalue weighted by Crippen LogP contribution is 2.34. The van der Waals surface area contributed by atoms with Gasteiger partial charge in [-0.25, -0.2) is 9.97 Å². The molecule has 0 atom stereocenters. The number of nitrogens with zero attached hydrogens (tertiary/aromatic N) is 2. The smallest absolute Gasteiger partial charge is 0.224 e. The first-order chi connectivity index (χ1) is 6.57. The normalized spacial score (nSPS) is 18.8. The molecule has 0 saturated heterocycles. The molecule has 0 unspecified atom stereocenters. The van der Waals surface area contributed by atoms with Crippen molar-refractivity contribution in [3.63, 3.8) is 0 Å². The van der Waals surface area contributed by atoms with Crippen molar-refractivity contribution < 1.29 is 0 Å². The van der Waals surface area contributed by atoms with E-state index in [1.807, 2.05) is 13.0 Å². The van der Waals surface area contributed by atoms with Gasteiger partial charge in [-0.2, -0.15) is 0 Å². The number of hydrogen-bond acceptors (Lipinski definition) is 3. The molecular weight excluding hydrogens is 198 g/mol. The standard InChI is InChI=1S/C10H14ClN3/c1-7-6-8(13-9(11)12-7)14-10(2)4-3-5-10/h6H,3-5H2,1-2H3,(H,12,13,14). The van der Waals surface area contributed by atoms with Gasteiger partial charge in [0.25, 0.3) is 0 Å². The van der Waals surface area contributed by atoms with Crippen LogP contribution in [0.25, 0.3) is 0 Å². The van der Waals surface area contributed by atoms with Crippen LogP contribution in [0.4, 0.5) is 5.82 Å². The van der Waals surface area contributed by atoms with Crippen LogP contribution in [-0.2, 0) is 0 Å². The molecule has 0 amide bonds. The Kier molecular flexibility index (Phi) is 2.35. The van der Waals surface area contributed by atoms with E-state index in [2.05, 4.69) is 22.2 Å². The van der Waals surface area contributed by atoms with Crippen LogP contribution < -0.4 is 5.32 Å². The Morgan fingerprint density at radius 2 is 2.14 bits per heavy atom. The molecule has 1 aromatic heterocycles. The predicted molar refractivity (Wildman–Crippen MR) is 57.7 cm³/mol. The van der Waals surface area contributed by atoms with E-state index >= 15 is 0 Å². The van der Waals surface area contributed by atoms with Crippen molar-refractivity contribution in [2.24, 2.45) is 0 Å². The largest absolute Gasteiger partial charge is 0.365 e. The van der Waals surface area contributed by atoms with Crippen LogP contribution >= 0.6 is 11.6 Å². The van der Waals surface area contributed by atoms with Gasteiger partial charge in [-0.15, -0.1) is 0 Å². The summed E-state index contributed by atoms with van der Waals surface area (Å²) in [6.45, 7) is 4.13. The highest BCUT2D eigenvalue weighted by Gasteiger charge is 2.31. The average Bonchev–Trinajstić information content (AvgIpc) is 1.99. The molecule has 76 valence electrons. The maximum absolute atomic E-state index is 5.78. The zero-order valence-electron chi connectivity index (χ0n) is 8.47. The van der Waals surface area contributed by atoms with Crippen molar-refractivity contribution in [1.82, 2.24) is 9.97 Å². The summed E-state index contributed by atoms with van der Waals surface area (Å²) in [4.78, 5) is 8.17. The molecule has 1 N–H and O–H groups in total. The van der Waals surface area contributed by atoms with Crippen molar-refractivity contribution in [3.05, 3.63) is 17.0 Å². The Morgan fingerprint density at radius 1 is 1.43 bits per heavy atom. The molecule has 3 nitrogen and oxygen atoms in total. The van der Waals surface area contributed by atoms with E-state index in [1.165, 1.54) is 19.3 Å². The van der Waals surface area contributed by atoms with Gasteiger partial charge >= 0.3 is 0 Å². The maximum Gasteiger partial charge on any atom is 0.224 e. The van der Waals surface area contributed by atoms with Gasteiger partial charge in [-0.1, -0.05) is 0 Å². The first kappa shape index (κ1) is 9.71. The van der Waals surface area contributed by atoms with E-state index in [1.54, 1.807) is 0 Å². The Labute approximate surface area is 88.9 Å². The van der Waals surface area contributed by atoms with Crippen LogP contribution in [0.5, 0.6) is 0 Å². The SMILES string of the molecule is Cc1cc(NC2(C)CCC2)nc(Cl)n1. The summed E-state index contributed by atoms with van der Waals surface area (Å²) in [5.74, 6) is 0.838. The van der Waals surface area contributed by atoms with Gasteiger partial charge in [-0.05, 0) is 44.7 Å². The fourth-order valence-electron chi connectivity index (χ4n) is 1.74. The zero-order chi connectivity index (χ0) is 10.2. The number of rotatable bonds is 2. The monoisotopic (exact) mass is 211 g/mol. The molecule has 0 radical (unpaired) electrons. The van der Waals surface area contributed by atoms with Crippen LogP contribution in [0.1, 0.15) is 31.9 Å². The Balaban J connectivity index is 2.16. The molecule has 0 bridgehead atoms. The van der Waals surface area contributed by atoms with Gasteiger partial charge in [0.15, 0.2) is 0 Å². The van der Waals surface area contributed by atoms with Crippen molar-refractivity contribution in [3.8, 4) is 0 Å². The summed E-state index contributed by atoms with van der Waals surface area (Å²) >= 11 is 5.78. The second-order valence-electron chi connectivity index (χ2n) is 4.20. The highest BCUT2D eigenvalue weighted by molar-refractivity contribution is 6.28. The Morgan fingerprint density at radius 3 is 2.64 bits per heavy atom. The summed E-state index contributed by atoms with van der Waals surface area (Å²) in [5.41, 5.74) is 1.11. The van der Waals surface area contributed by atoms with Crippen LogP contribution in [0.3, 0.4) is 0 Å². The van der Waals surface area contributed by atoms with E-state index in [0.29, 0.717) is 5.28 Å². The van der Waals surface area contributed by atoms with E-state index in [4.69, 9.17) is 11.6 Å². The molecule has 14 heavy (non-hydrogen) atoms. The minimum atomic E-state index is 0.212. The number of halogens is 1. The summed E-state index contributed by atoms with van der Waals surface area (Å²) in [6.07, 6.45) is 3.70. The summed E-state index contributed by atoms with van der Waals surface area (Å²) in [7, 11) is 0.